The van der Waals surface area contributed by atoms with Gasteiger partial charge in [-0.1, -0.05) is 0 Å². The van der Waals surface area contributed by atoms with Crippen LogP contribution in [0.25, 0.3) is 0 Å². The van der Waals surface area contributed by atoms with Crippen molar-refractivity contribution in [1.29, 1.82) is 0 Å². The number of rotatable bonds is 5. The summed E-state index contributed by atoms with van der Waals surface area (Å²) in [5, 5.41) is 8.16. The topological polar surface area (TPSA) is 97.6 Å². The number of sulfone groups is 1. The number of methoxy groups -OCH3 is 1. The minimum atomic E-state index is -3.17. The average molecular weight is 371 g/mol. The number of ether oxygens (including phenoxy) is 1. The van der Waals surface area contributed by atoms with Crippen molar-refractivity contribution >= 4 is 15.7 Å². The Hall–Kier alpha value is -1.52. The highest BCUT2D eigenvalue weighted by Gasteiger charge is 2.48. The first-order valence-electron chi connectivity index (χ1n) is 8.43. The summed E-state index contributed by atoms with van der Waals surface area (Å²) in [6.07, 6.45) is 1.70. The zero-order valence-corrected chi connectivity index (χ0v) is 15.6. The summed E-state index contributed by atoms with van der Waals surface area (Å²) in [7, 11) is -1.70. The van der Waals surface area contributed by atoms with Gasteiger partial charge in [0.25, 0.3) is 0 Å². The van der Waals surface area contributed by atoms with Gasteiger partial charge in [-0.05, 0) is 13.8 Å². The van der Waals surface area contributed by atoms with E-state index in [0.29, 0.717) is 19.6 Å². The number of hydrogen-bond donors (Lipinski definition) is 0. The van der Waals surface area contributed by atoms with Gasteiger partial charge in [0.15, 0.2) is 9.84 Å². The first-order valence-corrected chi connectivity index (χ1v) is 10.3. The van der Waals surface area contributed by atoms with Crippen LogP contribution in [0.3, 0.4) is 0 Å². The van der Waals surface area contributed by atoms with Crippen molar-refractivity contribution in [2.24, 2.45) is 0 Å². The van der Waals surface area contributed by atoms with Crippen molar-refractivity contribution in [1.82, 2.24) is 24.6 Å². The van der Waals surface area contributed by atoms with Gasteiger partial charge >= 0.3 is 0 Å². The molecule has 2 saturated heterocycles. The molecule has 0 unspecified atom stereocenters. The molecule has 2 aliphatic heterocycles. The second kappa shape index (κ2) is 7.00. The van der Waals surface area contributed by atoms with Crippen LogP contribution >= 0.6 is 0 Å². The number of fused-ring (bicyclic) bond motifs is 1. The van der Waals surface area contributed by atoms with Crippen molar-refractivity contribution < 1.29 is 17.9 Å². The van der Waals surface area contributed by atoms with Gasteiger partial charge in [-0.15, -0.1) is 10.2 Å². The second-order valence-electron chi connectivity index (χ2n) is 6.95. The van der Waals surface area contributed by atoms with Crippen LogP contribution in [0.4, 0.5) is 0 Å². The molecule has 1 aromatic rings. The van der Waals surface area contributed by atoms with Crippen LogP contribution in [0.5, 0.6) is 0 Å². The highest BCUT2D eigenvalue weighted by molar-refractivity contribution is 7.91. The van der Waals surface area contributed by atoms with Gasteiger partial charge in [-0.25, -0.2) is 8.42 Å². The molecule has 0 bridgehead atoms. The van der Waals surface area contributed by atoms with E-state index in [-0.39, 0.29) is 42.1 Å². The van der Waals surface area contributed by atoms with E-state index in [2.05, 4.69) is 28.9 Å². The van der Waals surface area contributed by atoms with Crippen LogP contribution in [0.1, 0.15) is 25.7 Å². The second-order valence-corrected chi connectivity index (χ2v) is 9.10. The molecule has 3 heterocycles. The SMILES string of the molecule is COCC(=O)N1CCN(Cc2nncn2C(C)C)[C@H]2CS(=O)(=O)C[C@H]21. The maximum absolute atomic E-state index is 12.3. The molecule has 0 aliphatic carbocycles. The number of nitrogens with zero attached hydrogens (tertiary/aromatic N) is 5. The van der Waals surface area contributed by atoms with Gasteiger partial charge < -0.3 is 14.2 Å². The van der Waals surface area contributed by atoms with Crippen LogP contribution in [-0.4, -0.2) is 89.3 Å². The lowest BCUT2D eigenvalue weighted by molar-refractivity contribution is -0.141. The van der Waals surface area contributed by atoms with Crippen LogP contribution in [0.15, 0.2) is 6.33 Å². The van der Waals surface area contributed by atoms with Gasteiger partial charge in [0.2, 0.25) is 5.91 Å². The first-order chi connectivity index (χ1) is 11.8. The zero-order valence-electron chi connectivity index (χ0n) is 14.8. The van der Waals surface area contributed by atoms with Crippen LogP contribution in [0, 0.1) is 0 Å². The molecule has 3 rings (SSSR count). The van der Waals surface area contributed by atoms with Crippen LogP contribution < -0.4 is 0 Å². The molecule has 1 aromatic heterocycles. The Morgan fingerprint density at radius 3 is 2.72 bits per heavy atom. The van der Waals surface area contributed by atoms with E-state index in [1.807, 2.05) is 4.57 Å². The third-order valence-electron chi connectivity index (χ3n) is 4.93. The smallest absolute Gasteiger partial charge is 0.248 e. The molecule has 2 fully saturated rings. The van der Waals surface area contributed by atoms with Gasteiger partial charge in [0.05, 0.1) is 24.1 Å². The molecule has 0 saturated carbocycles. The summed E-state index contributed by atoms with van der Waals surface area (Å²) in [6.45, 7) is 5.71. The minimum absolute atomic E-state index is 0.0144. The van der Waals surface area contributed by atoms with Crippen LogP contribution in [0.2, 0.25) is 0 Å². The molecule has 0 aromatic carbocycles. The Balaban J connectivity index is 1.81. The largest absolute Gasteiger partial charge is 0.375 e. The third-order valence-corrected chi connectivity index (χ3v) is 6.63. The van der Waals surface area contributed by atoms with E-state index >= 15 is 0 Å². The Morgan fingerprint density at radius 1 is 1.32 bits per heavy atom. The van der Waals surface area contributed by atoms with Crippen molar-refractivity contribution in [2.45, 2.75) is 38.5 Å². The number of aromatic nitrogens is 3. The molecular formula is C15H25N5O4S. The number of piperazine rings is 1. The molecule has 0 N–H and O–H groups in total. The normalized spacial score (nSPS) is 26.2. The molecule has 1 amide bonds. The van der Waals surface area contributed by atoms with Crippen LogP contribution in [-0.2, 0) is 25.9 Å². The van der Waals surface area contributed by atoms with E-state index in [1.165, 1.54) is 7.11 Å². The summed E-state index contributed by atoms with van der Waals surface area (Å²) in [5.74, 6) is 0.749. The fourth-order valence-electron chi connectivity index (χ4n) is 3.73. The number of carbonyl (C=O) groups is 1. The summed E-state index contributed by atoms with van der Waals surface area (Å²) in [6, 6.07) is -0.300. The Kier molecular flexibility index (Phi) is 5.12. The molecular weight excluding hydrogens is 346 g/mol. The van der Waals surface area contributed by atoms with E-state index in [0.717, 1.165) is 5.82 Å². The summed E-state index contributed by atoms with van der Waals surface area (Å²) < 4.78 is 31.4. The molecule has 9 nitrogen and oxygen atoms in total. The molecule has 140 valence electrons. The fraction of sp³-hybridized carbons (Fsp3) is 0.800. The Morgan fingerprint density at radius 2 is 2.04 bits per heavy atom. The predicted octanol–water partition coefficient (Wildman–Crippen LogP) is -0.685. The van der Waals surface area contributed by atoms with Crippen molar-refractivity contribution in [2.75, 3.05) is 38.3 Å². The third kappa shape index (κ3) is 3.70. The lowest BCUT2D eigenvalue weighted by Gasteiger charge is -2.43. The average Bonchev–Trinajstić information content (AvgIpc) is 3.10. The highest BCUT2D eigenvalue weighted by atomic mass is 32.2. The molecule has 2 aliphatic rings. The van der Waals surface area contributed by atoms with E-state index in [9.17, 15) is 13.2 Å². The Labute approximate surface area is 147 Å². The lowest BCUT2D eigenvalue weighted by Crippen LogP contribution is -2.60. The number of amides is 1. The fourth-order valence-corrected chi connectivity index (χ4v) is 5.74. The summed E-state index contributed by atoms with van der Waals surface area (Å²) in [5.41, 5.74) is 0. The van der Waals surface area contributed by atoms with Gasteiger partial charge in [0, 0.05) is 32.3 Å². The molecule has 2 atom stereocenters. The van der Waals surface area contributed by atoms with E-state index < -0.39 is 9.84 Å². The highest BCUT2D eigenvalue weighted by Crippen LogP contribution is 2.28. The van der Waals surface area contributed by atoms with E-state index in [4.69, 9.17) is 4.74 Å². The van der Waals surface area contributed by atoms with Gasteiger partial charge in [-0.2, -0.15) is 0 Å². The van der Waals surface area contributed by atoms with Gasteiger partial charge in [-0.3, -0.25) is 9.69 Å². The monoisotopic (exact) mass is 371 g/mol. The number of carbonyl (C=O) groups excluding carboxylic acids is 1. The van der Waals surface area contributed by atoms with Crippen molar-refractivity contribution in [3.8, 4) is 0 Å². The summed E-state index contributed by atoms with van der Waals surface area (Å²) in [4.78, 5) is 16.1. The molecule has 10 heteroatoms. The van der Waals surface area contributed by atoms with E-state index in [1.54, 1.807) is 11.2 Å². The maximum Gasteiger partial charge on any atom is 0.248 e. The minimum Gasteiger partial charge on any atom is -0.375 e. The van der Waals surface area contributed by atoms with Crippen molar-refractivity contribution in [3.63, 3.8) is 0 Å². The Bertz CT molecular complexity index is 732. The summed E-state index contributed by atoms with van der Waals surface area (Å²) >= 11 is 0. The molecule has 0 radical (unpaired) electrons. The van der Waals surface area contributed by atoms with Crippen molar-refractivity contribution in [3.05, 3.63) is 12.2 Å². The maximum atomic E-state index is 12.3. The van der Waals surface area contributed by atoms with Gasteiger partial charge in [0.1, 0.15) is 18.8 Å². The molecule has 0 spiro atoms. The number of hydrogen-bond acceptors (Lipinski definition) is 7. The quantitative estimate of drug-likeness (QED) is 0.676. The molecule has 25 heavy (non-hydrogen) atoms. The lowest BCUT2D eigenvalue weighted by atomic mass is 10.0. The standard InChI is InChI=1S/C15H25N5O4S/c1-11(2)20-10-16-17-14(20)6-18-4-5-19(15(21)7-24-3)13-9-25(22,23)8-12(13)18/h10-13H,4-9H2,1-3H3/t12-,13+/m0/s1. The predicted molar refractivity (Wildman–Crippen MR) is 90.6 cm³/mol. The first kappa shape index (κ1) is 18.3. The zero-order chi connectivity index (χ0) is 18.2.